The van der Waals surface area contributed by atoms with Crippen LogP contribution in [0.2, 0.25) is 0 Å². The third-order valence-electron chi connectivity index (χ3n) is 4.45. The van der Waals surface area contributed by atoms with E-state index < -0.39 is 0 Å². The van der Waals surface area contributed by atoms with E-state index in [0.29, 0.717) is 11.1 Å². The Balaban J connectivity index is 2.26. The predicted octanol–water partition coefficient (Wildman–Crippen LogP) is 5.13. The summed E-state index contributed by atoms with van der Waals surface area (Å²) in [5, 5.41) is 2.00. The molecule has 0 amide bonds. The van der Waals surface area contributed by atoms with Crippen LogP contribution in [0.15, 0.2) is 56.3 Å². The normalized spacial score (nSPS) is 11.4. The average molecular weight is 304 g/mol. The Hall–Kier alpha value is -2.81. The molecule has 0 radical (unpaired) electrons. The molecule has 0 saturated carbocycles. The minimum absolute atomic E-state index is 0.304. The second kappa shape index (κ2) is 4.85. The zero-order valence-electron chi connectivity index (χ0n) is 13.3. The molecule has 3 nitrogen and oxygen atoms in total. The smallest absolute Gasteiger partial charge is 0.339 e. The summed E-state index contributed by atoms with van der Waals surface area (Å²) < 4.78 is 11.2. The van der Waals surface area contributed by atoms with Crippen molar-refractivity contribution in [2.45, 2.75) is 20.8 Å². The Labute approximate surface area is 133 Å². The van der Waals surface area contributed by atoms with E-state index in [0.717, 1.165) is 38.6 Å². The molecule has 4 rings (SSSR count). The van der Waals surface area contributed by atoms with E-state index in [9.17, 15) is 4.79 Å². The Morgan fingerprint density at radius 3 is 2.35 bits per heavy atom. The molecule has 0 aliphatic carbocycles. The molecule has 23 heavy (non-hydrogen) atoms. The molecule has 0 saturated heterocycles. The van der Waals surface area contributed by atoms with Gasteiger partial charge in [-0.05, 0) is 38.0 Å². The van der Waals surface area contributed by atoms with Crippen molar-refractivity contribution >= 4 is 21.9 Å². The maximum Gasteiger partial charge on any atom is 0.339 e. The highest BCUT2D eigenvalue weighted by molar-refractivity contribution is 6.05. The van der Waals surface area contributed by atoms with E-state index in [1.54, 1.807) is 6.26 Å². The monoisotopic (exact) mass is 304 g/mol. The van der Waals surface area contributed by atoms with Gasteiger partial charge in [-0.25, -0.2) is 4.79 Å². The Morgan fingerprint density at radius 1 is 0.870 bits per heavy atom. The fraction of sp³-hybridized carbons (Fsp3) is 0.150. The minimum Gasteiger partial charge on any atom is -0.464 e. The number of rotatable bonds is 1. The van der Waals surface area contributed by atoms with Gasteiger partial charge in [0.15, 0.2) is 0 Å². The highest BCUT2D eigenvalue weighted by Crippen LogP contribution is 2.36. The number of hydrogen-bond acceptors (Lipinski definition) is 3. The van der Waals surface area contributed by atoms with Crippen LogP contribution in [0, 0.1) is 20.8 Å². The van der Waals surface area contributed by atoms with Crippen LogP contribution in [-0.4, -0.2) is 0 Å². The summed E-state index contributed by atoms with van der Waals surface area (Å²) in [5.41, 5.74) is 5.59. The average Bonchev–Trinajstić information content (AvgIpc) is 2.92. The third kappa shape index (κ3) is 1.93. The quantitative estimate of drug-likeness (QED) is 0.458. The van der Waals surface area contributed by atoms with Crippen molar-refractivity contribution in [1.29, 1.82) is 0 Å². The van der Waals surface area contributed by atoms with Gasteiger partial charge in [0, 0.05) is 27.5 Å². The minimum atomic E-state index is -0.304. The zero-order valence-corrected chi connectivity index (χ0v) is 13.3. The molecule has 0 spiro atoms. The van der Waals surface area contributed by atoms with Crippen molar-refractivity contribution in [3.8, 4) is 11.1 Å². The fourth-order valence-corrected chi connectivity index (χ4v) is 3.21. The SMILES string of the molecule is Cc1c(-c2ccccc2)c2cc3c(C)coc3c(C)c2oc1=O. The largest absolute Gasteiger partial charge is 0.464 e. The molecule has 3 heteroatoms. The molecule has 0 atom stereocenters. The van der Waals surface area contributed by atoms with E-state index in [4.69, 9.17) is 8.83 Å². The third-order valence-corrected chi connectivity index (χ3v) is 4.45. The van der Waals surface area contributed by atoms with Crippen LogP contribution in [0.1, 0.15) is 16.7 Å². The van der Waals surface area contributed by atoms with E-state index in [1.807, 2.05) is 51.1 Å². The molecule has 114 valence electrons. The molecule has 0 N–H and O–H groups in total. The Kier molecular flexibility index (Phi) is 2.91. The number of fused-ring (bicyclic) bond motifs is 2. The van der Waals surface area contributed by atoms with E-state index in [1.165, 1.54) is 0 Å². The summed E-state index contributed by atoms with van der Waals surface area (Å²) in [5.74, 6) is 0. The topological polar surface area (TPSA) is 43.4 Å². The molecule has 2 aromatic carbocycles. The van der Waals surface area contributed by atoms with Crippen molar-refractivity contribution in [3.63, 3.8) is 0 Å². The zero-order chi connectivity index (χ0) is 16.1. The first-order chi connectivity index (χ1) is 11.1. The Morgan fingerprint density at radius 2 is 1.61 bits per heavy atom. The molecule has 4 aromatic rings. The van der Waals surface area contributed by atoms with Gasteiger partial charge in [-0.2, -0.15) is 0 Å². The maximum absolute atomic E-state index is 12.3. The van der Waals surface area contributed by atoms with Crippen molar-refractivity contribution in [1.82, 2.24) is 0 Å². The van der Waals surface area contributed by atoms with Gasteiger partial charge in [-0.3, -0.25) is 0 Å². The van der Waals surface area contributed by atoms with Crippen molar-refractivity contribution < 1.29 is 8.83 Å². The van der Waals surface area contributed by atoms with Gasteiger partial charge in [-0.15, -0.1) is 0 Å². The summed E-state index contributed by atoms with van der Waals surface area (Å²) in [7, 11) is 0. The van der Waals surface area contributed by atoms with Crippen LogP contribution in [-0.2, 0) is 0 Å². The second-order valence-corrected chi connectivity index (χ2v) is 5.93. The van der Waals surface area contributed by atoms with Gasteiger partial charge in [-0.1, -0.05) is 30.3 Å². The number of furan rings is 1. The van der Waals surface area contributed by atoms with Crippen LogP contribution < -0.4 is 5.63 Å². The molecule has 0 aliphatic rings. The lowest BCUT2D eigenvalue weighted by Gasteiger charge is -2.11. The van der Waals surface area contributed by atoms with E-state index >= 15 is 0 Å². The van der Waals surface area contributed by atoms with Gasteiger partial charge < -0.3 is 8.83 Å². The fourth-order valence-electron chi connectivity index (χ4n) is 3.21. The number of aryl methyl sites for hydroxylation is 2. The van der Waals surface area contributed by atoms with Crippen LogP contribution in [0.25, 0.3) is 33.1 Å². The summed E-state index contributed by atoms with van der Waals surface area (Å²) >= 11 is 0. The van der Waals surface area contributed by atoms with Crippen LogP contribution in [0.4, 0.5) is 0 Å². The molecular weight excluding hydrogens is 288 g/mol. The first kappa shape index (κ1) is 13.8. The lowest BCUT2D eigenvalue weighted by molar-refractivity contribution is 0.551. The summed E-state index contributed by atoms with van der Waals surface area (Å²) in [6, 6.07) is 12.0. The molecule has 0 bridgehead atoms. The maximum atomic E-state index is 12.3. The first-order valence-electron chi connectivity index (χ1n) is 7.58. The lowest BCUT2D eigenvalue weighted by Crippen LogP contribution is -2.06. The van der Waals surface area contributed by atoms with Gasteiger partial charge in [0.2, 0.25) is 0 Å². The molecule has 2 aromatic heterocycles. The van der Waals surface area contributed by atoms with E-state index in [-0.39, 0.29) is 5.63 Å². The predicted molar refractivity (Wildman–Crippen MR) is 91.9 cm³/mol. The van der Waals surface area contributed by atoms with Crippen molar-refractivity contribution in [2.75, 3.05) is 0 Å². The standard InChI is InChI=1S/C20H16O3/c1-11-10-22-18-13(3)19-16(9-15(11)18)17(12(2)20(21)23-19)14-7-5-4-6-8-14/h4-10H,1-3H3. The van der Waals surface area contributed by atoms with Gasteiger partial charge in [0.05, 0.1) is 6.26 Å². The van der Waals surface area contributed by atoms with E-state index in [2.05, 4.69) is 6.07 Å². The van der Waals surface area contributed by atoms with Gasteiger partial charge in [0.25, 0.3) is 0 Å². The number of benzene rings is 2. The van der Waals surface area contributed by atoms with Gasteiger partial charge >= 0.3 is 5.63 Å². The Bertz CT molecular complexity index is 1100. The lowest BCUT2D eigenvalue weighted by atomic mass is 9.95. The second-order valence-electron chi connectivity index (χ2n) is 5.93. The first-order valence-corrected chi connectivity index (χ1v) is 7.58. The van der Waals surface area contributed by atoms with Crippen molar-refractivity contribution in [2.24, 2.45) is 0 Å². The van der Waals surface area contributed by atoms with Crippen LogP contribution in [0.5, 0.6) is 0 Å². The number of hydrogen-bond donors (Lipinski definition) is 0. The molecule has 2 heterocycles. The summed E-state index contributed by atoms with van der Waals surface area (Å²) in [6.45, 7) is 5.77. The van der Waals surface area contributed by atoms with Gasteiger partial charge in [0.1, 0.15) is 11.2 Å². The molecule has 0 fully saturated rings. The van der Waals surface area contributed by atoms with Crippen LogP contribution in [0.3, 0.4) is 0 Å². The summed E-state index contributed by atoms with van der Waals surface area (Å²) in [6.07, 6.45) is 1.74. The molecule has 0 unspecified atom stereocenters. The highest BCUT2D eigenvalue weighted by atomic mass is 16.4. The summed E-state index contributed by atoms with van der Waals surface area (Å²) in [4.78, 5) is 12.3. The van der Waals surface area contributed by atoms with Crippen LogP contribution >= 0.6 is 0 Å². The highest BCUT2D eigenvalue weighted by Gasteiger charge is 2.18. The molecular formula is C20H16O3. The molecule has 0 aliphatic heterocycles. The van der Waals surface area contributed by atoms with Crippen molar-refractivity contribution in [3.05, 3.63) is 69.8 Å².